The van der Waals surface area contributed by atoms with Gasteiger partial charge < -0.3 is 27.9 Å². The Balaban J connectivity index is 4.43. The lowest BCUT2D eigenvalue weighted by Crippen LogP contribution is -2.37. The number of likely N-dealkylation sites (N-methyl/N-ethyl adjacent to an activating group) is 1. The molecule has 0 aliphatic rings. The summed E-state index contributed by atoms with van der Waals surface area (Å²) in [6.07, 6.45) is 26.9. The number of hydrogen-bond acceptors (Lipinski definition) is 8. The van der Waals surface area contributed by atoms with Gasteiger partial charge in [-0.1, -0.05) is 116 Å². The van der Waals surface area contributed by atoms with Crippen LogP contribution in [0.2, 0.25) is 0 Å². The Kier molecular flexibility index (Phi) is 29.0. The van der Waals surface area contributed by atoms with Crippen LogP contribution in [0.15, 0.2) is 12.2 Å². The van der Waals surface area contributed by atoms with Crippen LogP contribution in [0.1, 0.15) is 155 Å². The number of quaternary nitrogens is 1. The van der Waals surface area contributed by atoms with Crippen molar-refractivity contribution in [2.24, 2.45) is 0 Å². The van der Waals surface area contributed by atoms with Crippen LogP contribution in [0.3, 0.4) is 0 Å². The van der Waals surface area contributed by atoms with Gasteiger partial charge in [-0.3, -0.25) is 14.2 Å². The van der Waals surface area contributed by atoms with E-state index in [9.17, 15) is 19.0 Å². The van der Waals surface area contributed by atoms with Crippen molar-refractivity contribution in [2.75, 3.05) is 47.5 Å². The first-order valence-electron chi connectivity index (χ1n) is 18.4. The molecule has 0 rings (SSSR count). The van der Waals surface area contributed by atoms with Crippen LogP contribution in [-0.4, -0.2) is 70.0 Å². The summed E-state index contributed by atoms with van der Waals surface area (Å²) < 4.78 is 33.6. The minimum Gasteiger partial charge on any atom is -0.756 e. The van der Waals surface area contributed by atoms with Crippen molar-refractivity contribution in [3.05, 3.63) is 12.2 Å². The van der Waals surface area contributed by atoms with Gasteiger partial charge in [0.25, 0.3) is 7.82 Å². The molecule has 0 radical (unpaired) electrons. The van der Waals surface area contributed by atoms with E-state index >= 15 is 0 Å². The lowest BCUT2D eigenvalue weighted by molar-refractivity contribution is -0.870. The average Bonchev–Trinajstić information content (AvgIpc) is 2.99. The molecule has 0 aliphatic carbocycles. The molecule has 1 unspecified atom stereocenters. The summed E-state index contributed by atoms with van der Waals surface area (Å²) in [5, 5.41) is 0. The van der Waals surface area contributed by atoms with E-state index in [0.717, 1.165) is 38.5 Å². The van der Waals surface area contributed by atoms with E-state index in [0.29, 0.717) is 17.4 Å². The zero-order valence-electron chi connectivity index (χ0n) is 30.3. The molecule has 0 aromatic rings. The van der Waals surface area contributed by atoms with Gasteiger partial charge in [0, 0.05) is 12.8 Å². The smallest absolute Gasteiger partial charge is 0.306 e. The van der Waals surface area contributed by atoms with E-state index in [4.69, 9.17) is 18.5 Å². The van der Waals surface area contributed by atoms with E-state index < -0.39 is 32.5 Å². The average molecular weight is 676 g/mol. The molecular formula is C36H70NO8P. The van der Waals surface area contributed by atoms with Crippen molar-refractivity contribution in [1.29, 1.82) is 0 Å². The van der Waals surface area contributed by atoms with Crippen molar-refractivity contribution >= 4 is 19.8 Å². The van der Waals surface area contributed by atoms with Crippen molar-refractivity contribution in [1.82, 2.24) is 0 Å². The third-order valence-electron chi connectivity index (χ3n) is 7.79. The molecule has 0 saturated heterocycles. The lowest BCUT2D eigenvalue weighted by Gasteiger charge is -2.28. The maximum Gasteiger partial charge on any atom is 0.306 e. The topological polar surface area (TPSA) is 111 Å². The molecule has 0 aromatic carbocycles. The Bertz CT molecular complexity index is 814. The predicted molar refractivity (Wildman–Crippen MR) is 185 cm³/mol. The molecule has 0 heterocycles. The third kappa shape index (κ3) is 32.7. The Labute approximate surface area is 282 Å². The molecular weight excluding hydrogens is 605 g/mol. The first-order valence-corrected chi connectivity index (χ1v) is 19.9. The summed E-state index contributed by atoms with van der Waals surface area (Å²) in [6, 6.07) is 0. The number of phosphoric ester groups is 1. The van der Waals surface area contributed by atoms with Gasteiger partial charge in [0.2, 0.25) is 0 Å². The fraction of sp³-hybridized carbons (Fsp3) is 0.889. The number of carbonyl (C=O) groups excluding carboxylic acids is 2. The quantitative estimate of drug-likeness (QED) is 0.0223. The number of esters is 2. The van der Waals surface area contributed by atoms with Crippen molar-refractivity contribution < 1.29 is 42.1 Å². The van der Waals surface area contributed by atoms with Gasteiger partial charge >= 0.3 is 11.9 Å². The van der Waals surface area contributed by atoms with Crippen molar-refractivity contribution in [3.8, 4) is 0 Å². The number of allylic oxidation sites excluding steroid dienone is 2. The first kappa shape index (κ1) is 44.8. The zero-order valence-corrected chi connectivity index (χ0v) is 31.2. The molecule has 0 aromatic heterocycles. The van der Waals surface area contributed by atoms with Crippen LogP contribution in [0.25, 0.3) is 0 Å². The summed E-state index contributed by atoms with van der Waals surface area (Å²) in [7, 11) is 1.16. The maximum absolute atomic E-state index is 12.5. The van der Waals surface area contributed by atoms with E-state index in [1.807, 2.05) is 21.1 Å². The number of nitrogens with zero attached hydrogens (tertiary/aromatic N) is 1. The Morgan fingerprint density at radius 3 is 1.65 bits per heavy atom. The number of ether oxygens (including phenoxy) is 2. The van der Waals surface area contributed by atoms with Gasteiger partial charge in [-0.25, -0.2) is 0 Å². The summed E-state index contributed by atoms with van der Waals surface area (Å²) >= 11 is 0. The molecule has 272 valence electrons. The Morgan fingerprint density at radius 1 is 0.652 bits per heavy atom. The molecule has 0 saturated carbocycles. The number of phosphoric acid groups is 1. The van der Waals surface area contributed by atoms with Crippen molar-refractivity contribution in [2.45, 2.75) is 161 Å². The predicted octanol–water partition coefficient (Wildman–Crippen LogP) is 8.83. The van der Waals surface area contributed by atoms with Crippen LogP contribution in [0.5, 0.6) is 0 Å². The van der Waals surface area contributed by atoms with Crippen LogP contribution >= 0.6 is 7.82 Å². The summed E-state index contributed by atoms with van der Waals surface area (Å²) in [5.41, 5.74) is 0. The van der Waals surface area contributed by atoms with Gasteiger partial charge in [-0.2, -0.15) is 0 Å². The van der Waals surface area contributed by atoms with Gasteiger partial charge in [0.1, 0.15) is 19.8 Å². The zero-order chi connectivity index (χ0) is 34.4. The van der Waals surface area contributed by atoms with Crippen molar-refractivity contribution in [3.63, 3.8) is 0 Å². The Hall–Kier alpha value is -1.25. The normalized spacial score (nSPS) is 14.0. The second-order valence-corrected chi connectivity index (χ2v) is 15.0. The summed E-state index contributed by atoms with van der Waals surface area (Å²) in [4.78, 5) is 37.1. The molecule has 0 fully saturated rings. The Morgan fingerprint density at radius 2 is 1.11 bits per heavy atom. The second kappa shape index (κ2) is 29.9. The van der Waals surface area contributed by atoms with Crippen LogP contribution in [0, 0.1) is 0 Å². The first-order chi connectivity index (χ1) is 22.0. The van der Waals surface area contributed by atoms with Gasteiger partial charge in [-0.05, 0) is 38.5 Å². The van der Waals surface area contributed by atoms with Gasteiger partial charge in [-0.15, -0.1) is 0 Å². The molecule has 46 heavy (non-hydrogen) atoms. The van der Waals surface area contributed by atoms with Crippen LogP contribution in [-0.2, 0) is 32.7 Å². The molecule has 9 nitrogen and oxygen atoms in total. The van der Waals surface area contributed by atoms with Gasteiger partial charge in [0.15, 0.2) is 6.10 Å². The maximum atomic E-state index is 12.5. The molecule has 10 heteroatoms. The molecule has 0 bridgehead atoms. The molecule has 0 amide bonds. The minimum atomic E-state index is -4.61. The lowest BCUT2D eigenvalue weighted by atomic mass is 10.1. The monoisotopic (exact) mass is 675 g/mol. The SMILES string of the molecule is CCCCCCCCCCC/C=C/CCCCC(=O)O[C@H](COC(=O)CCCCCCCCC)COP(=O)([O-])OCC[N+](C)(C)C. The highest BCUT2D eigenvalue weighted by atomic mass is 31.2. The summed E-state index contributed by atoms with van der Waals surface area (Å²) in [5.74, 6) is -0.865. The molecule has 0 N–H and O–H groups in total. The number of hydrogen-bond donors (Lipinski definition) is 0. The second-order valence-electron chi connectivity index (χ2n) is 13.6. The fourth-order valence-electron chi connectivity index (χ4n) is 4.82. The standard InChI is InChI=1S/C36H70NO8P/c1-6-8-10-12-14-15-16-17-18-19-20-21-23-25-27-29-36(39)45-34(33-44-46(40,41)43-31-30-37(3,4)5)32-42-35(38)28-26-24-22-13-11-9-7-2/h20-21,34H,6-19,22-33H2,1-5H3/b21-20+/t34-/m1/s1. The highest BCUT2D eigenvalue weighted by Crippen LogP contribution is 2.38. The molecule has 0 spiro atoms. The highest BCUT2D eigenvalue weighted by Gasteiger charge is 2.21. The van der Waals surface area contributed by atoms with E-state index in [1.165, 1.54) is 83.5 Å². The largest absolute Gasteiger partial charge is 0.756 e. The molecule has 0 aliphatic heterocycles. The minimum absolute atomic E-state index is 0.0319. The van der Waals surface area contributed by atoms with Gasteiger partial charge in [0.05, 0.1) is 27.7 Å². The number of unbranched alkanes of at least 4 members (excludes halogenated alkanes) is 17. The summed E-state index contributed by atoms with van der Waals surface area (Å²) in [6.45, 7) is 4.14. The highest BCUT2D eigenvalue weighted by molar-refractivity contribution is 7.45. The number of rotatable bonds is 33. The van der Waals surface area contributed by atoms with Crippen LogP contribution in [0.4, 0.5) is 0 Å². The van der Waals surface area contributed by atoms with E-state index in [-0.39, 0.29) is 26.1 Å². The van der Waals surface area contributed by atoms with E-state index in [1.54, 1.807) is 0 Å². The fourth-order valence-corrected chi connectivity index (χ4v) is 5.55. The van der Waals surface area contributed by atoms with Crippen LogP contribution < -0.4 is 4.89 Å². The van der Waals surface area contributed by atoms with E-state index in [2.05, 4.69) is 26.0 Å². The third-order valence-corrected chi connectivity index (χ3v) is 8.75. The molecule has 2 atom stereocenters. The number of carbonyl (C=O) groups is 2.